The number of rotatable bonds is 5. The van der Waals surface area contributed by atoms with Gasteiger partial charge in [-0.2, -0.15) is 9.78 Å². The Bertz CT molecular complexity index is 1040. The first kappa shape index (κ1) is 15.3. The number of nitrogens with one attached hydrogen (secondary N) is 1. The summed E-state index contributed by atoms with van der Waals surface area (Å²) in [5, 5.41) is 4.76. The molecule has 1 aromatic carbocycles. The van der Waals surface area contributed by atoms with Crippen LogP contribution in [0.3, 0.4) is 0 Å². The lowest BCUT2D eigenvalue weighted by Gasteiger charge is -2.31. The van der Waals surface area contributed by atoms with E-state index in [2.05, 4.69) is 20.1 Å². The van der Waals surface area contributed by atoms with E-state index in [9.17, 15) is 4.79 Å². The molecule has 0 fully saturated rings. The maximum Gasteiger partial charge on any atom is 0.261 e. The van der Waals surface area contributed by atoms with Crippen LogP contribution in [-0.4, -0.2) is 29.3 Å². The van der Waals surface area contributed by atoms with Crippen LogP contribution < -0.4 is 5.56 Å². The van der Waals surface area contributed by atoms with Gasteiger partial charge in [0.15, 0.2) is 5.65 Å². The van der Waals surface area contributed by atoms with Crippen LogP contribution in [0.15, 0.2) is 66.4 Å². The van der Waals surface area contributed by atoms with E-state index in [-0.39, 0.29) is 5.56 Å². The number of ether oxygens (including phenoxy) is 1. The van der Waals surface area contributed by atoms with Crippen LogP contribution in [0, 0.1) is 0 Å². The number of H-pyrrole nitrogens is 1. The molecule has 1 unspecified atom stereocenters. The van der Waals surface area contributed by atoms with Crippen molar-refractivity contribution in [2.24, 2.45) is 0 Å². The van der Waals surface area contributed by atoms with Gasteiger partial charge in [0.05, 0.1) is 25.5 Å². The Morgan fingerprint density at radius 2 is 2.12 bits per heavy atom. The van der Waals surface area contributed by atoms with E-state index in [0.717, 1.165) is 5.56 Å². The number of benzene rings is 1. The second-order valence-corrected chi connectivity index (χ2v) is 5.70. The van der Waals surface area contributed by atoms with Gasteiger partial charge in [-0.05, 0) is 5.56 Å². The van der Waals surface area contributed by atoms with Gasteiger partial charge in [0.2, 0.25) is 5.85 Å². The lowest BCUT2D eigenvalue weighted by atomic mass is 10.2. The number of hydrogen-bond acceptors (Lipinski definition) is 5. The zero-order valence-corrected chi connectivity index (χ0v) is 13.5. The summed E-state index contributed by atoms with van der Waals surface area (Å²) in [7, 11) is 0. The molecule has 1 N–H and O–H groups in total. The number of hydrogen-bond donors (Lipinski definition) is 1. The van der Waals surface area contributed by atoms with Crippen molar-refractivity contribution >= 4 is 11.0 Å². The monoisotopic (exact) mass is 336 g/mol. The maximum absolute atomic E-state index is 12.0. The molecule has 0 saturated heterocycles. The fourth-order valence-corrected chi connectivity index (χ4v) is 2.70. The van der Waals surface area contributed by atoms with Crippen LogP contribution in [0.25, 0.3) is 11.0 Å². The average molecular weight is 336 g/mol. The fourth-order valence-electron chi connectivity index (χ4n) is 2.70. The topological polar surface area (TPSA) is 90.6 Å². The van der Waals surface area contributed by atoms with Gasteiger partial charge < -0.3 is 9.72 Å². The summed E-state index contributed by atoms with van der Waals surface area (Å²) in [6, 6.07) is 9.84. The number of aromatic amines is 1. The summed E-state index contributed by atoms with van der Waals surface area (Å²) >= 11 is 0. The molecule has 0 amide bonds. The highest BCUT2D eigenvalue weighted by Gasteiger charge is 2.33. The molecule has 0 saturated carbocycles. The van der Waals surface area contributed by atoms with Crippen molar-refractivity contribution in [3.8, 4) is 0 Å². The third-order valence-corrected chi connectivity index (χ3v) is 4.10. The molecule has 3 heterocycles. The summed E-state index contributed by atoms with van der Waals surface area (Å²) in [4.78, 5) is 22.9. The van der Waals surface area contributed by atoms with Crippen LogP contribution in [0.4, 0.5) is 0 Å². The number of imidazole rings is 1. The molecule has 0 radical (unpaired) electrons. The van der Waals surface area contributed by atoms with Gasteiger partial charge in [-0.15, -0.1) is 0 Å². The predicted octanol–water partition coefficient (Wildman–Crippen LogP) is 1.71. The minimum Gasteiger partial charge on any atom is -0.332 e. The van der Waals surface area contributed by atoms with Crippen molar-refractivity contribution in [1.82, 2.24) is 29.3 Å². The van der Waals surface area contributed by atoms with E-state index in [1.54, 1.807) is 28.0 Å². The second kappa shape index (κ2) is 5.99. The minimum absolute atomic E-state index is 0.243. The molecular formula is C17H16N6O2. The molecule has 126 valence electrons. The maximum atomic E-state index is 12.0. The first-order chi connectivity index (χ1) is 12.2. The third kappa shape index (κ3) is 2.62. The summed E-state index contributed by atoms with van der Waals surface area (Å²) in [5.41, 5.74) is 1.22. The molecule has 4 aromatic rings. The summed E-state index contributed by atoms with van der Waals surface area (Å²) < 4.78 is 9.59. The SMILES string of the molecule is CC(OCc1ccccc1)(n1ccnc1)n1ncc2c(=O)[nH]cnc21. The summed E-state index contributed by atoms with van der Waals surface area (Å²) in [5.74, 6) is -1.03. The van der Waals surface area contributed by atoms with Gasteiger partial charge in [-0.25, -0.2) is 9.97 Å². The lowest BCUT2D eigenvalue weighted by Crippen LogP contribution is -2.41. The largest absolute Gasteiger partial charge is 0.332 e. The first-order valence-electron chi connectivity index (χ1n) is 7.77. The summed E-state index contributed by atoms with van der Waals surface area (Å²) in [6.07, 6.45) is 7.93. The van der Waals surface area contributed by atoms with E-state index in [1.807, 2.05) is 37.3 Å². The highest BCUT2D eigenvalue weighted by molar-refractivity contribution is 5.72. The molecule has 0 bridgehead atoms. The molecule has 8 nitrogen and oxygen atoms in total. The van der Waals surface area contributed by atoms with Gasteiger partial charge in [0.25, 0.3) is 5.56 Å². The zero-order chi connectivity index (χ0) is 17.3. The Kier molecular flexibility index (Phi) is 3.66. The van der Waals surface area contributed by atoms with E-state index >= 15 is 0 Å². The van der Waals surface area contributed by atoms with Gasteiger partial charge in [0.1, 0.15) is 5.39 Å². The Labute approximate surface area is 142 Å². The van der Waals surface area contributed by atoms with Crippen molar-refractivity contribution in [2.45, 2.75) is 19.4 Å². The van der Waals surface area contributed by atoms with Crippen LogP contribution in [0.1, 0.15) is 12.5 Å². The van der Waals surface area contributed by atoms with Crippen molar-refractivity contribution in [1.29, 1.82) is 0 Å². The van der Waals surface area contributed by atoms with Crippen molar-refractivity contribution in [2.75, 3.05) is 0 Å². The average Bonchev–Trinajstić information content (AvgIpc) is 3.31. The molecule has 25 heavy (non-hydrogen) atoms. The Balaban J connectivity index is 1.80. The number of fused-ring (bicyclic) bond motifs is 1. The molecule has 8 heteroatoms. The Morgan fingerprint density at radius 3 is 2.88 bits per heavy atom. The zero-order valence-electron chi connectivity index (χ0n) is 13.5. The van der Waals surface area contributed by atoms with E-state index in [4.69, 9.17) is 4.74 Å². The van der Waals surface area contributed by atoms with E-state index in [1.165, 1.54) is 12.5 Å². The van der Waals surface area contributed by atoms with Crippen LogP contribution in [0.2, 0.25) is 0 Å². The van der Waals surface area contributed by atoms with Crippen molar-refractivity contribution in [3.05, 3.63) is 77.5 Å². The van der Waals surface area contributed by atoms with Gasteiger partial charge >= 0.3 is 0 Å². The van der Waals surface area contributed by atoms with E-state index in [0.29, 0.717) is 17.6 Å². The van der Waals surface area contributed by atoms with Crippen molar-refractivity contribution < 1.29 is 4.74 Å². The standard InChI is InChI=1S/C17H16N6O2/c1-17(22-8-7-18-12-22,25-10-13-5-3-2-4-6-13)23-15-14(9-21-23)16(24)20-11-19-15/h2-9,11-12H,10H2,1H3,(H,19,20,24). The van der Waals surface area contributed by atoms with Gasteiger partial charge in [-0.1, -0.05) is 30.3 Å². The first-order valence-corrected chi connectivity index (χ1v) is 7.77. The molecule has 0 aliphatic heterocycles. The van der Waals surface area contributed by atoms with Crippen LogP contribution in [0.5, 0.6) is 0 Å². The molecule has 0 aliphatic carbocycles. The normalized spacial score (nSPS) is 13.8. The molecular weight excluding hydrogens is 320 g/mol. The molecule has 4 rings (SSSR count). The van der Waals surface area contributed by atoms with Crippen LogP contribution >= 0.6 is 0 Å². The smallest absolute Gasteiger partial charge is 0.261 e. The number of aromatic nitrogens is 6. The van der Waals surface area contributed by atoms with E-state index < -0.39 is 5.85 Å². The van der Waals surface area contributed by atoms with Crippen LogP contribution in [-0.2, 0) is 17.2 Å². The summed E-state index contributed by atoms with van der Waals surface area (Å²) in [6.45, 7) is 2.22. The highest BCUT2D eigenvalue weighted by atomic mass is 16.5. The molecule has 0 spiro atoms. The highest BCUT2D eigenvalue weighted by Crippen LogP contribution is 2.24. The molecule has 1 atom stereocenters. The quantitative estimate of drug-likeness (QED) is 0.599. The fraction of sp³-hybridized carbons (Fsp3) is 0.176. The Morgan fingerprint density at radius 1 is 1.28 bits per heavy atom. The predicted molar refractivity (Wildman–Crippen MR) is 90.7 cm³/mol. The second-order valence-electron chi connectivity index (χ2n) is 5.70. The molecule has 3 aromatic heterocycles. The number of nitrogens with zero attached hydrogens (tertiary/aromatic N) is 5. The Hall–Kier alpha value is -3.26. The van der Waals surface area contributed by atoms with Crippen molar-refractivity contribution in [3.63, 3.8) is 0 Å². The van der Waals surface area contributed by atoms with Gasteiger partial charge in [-0.3, -0.25) is 9.36 Å². The third-order valence-electron chi connectivity index (χ3n) is 4.10. The minimum atomic E-state index is -1.03. The van der Waals surface area contributed by atoms with Gasteiger partial charge in [0, 0.05) is 19.3 Å². The lowest BCUT2D eigenvalue weighted by molar-refractivity contribution is -0.131. The molecule has 0 aliphatic rings.